The molecule has 3 fully saturated rings. The summed E-state index contributed by atoms with van der Waals surface area (Å²) in [5, 5.41) is 0. The Labute approximate surface area is 227 Å². The quantitative estimate of drug-likeness (QED) is 0.444. The number of rotatable bonds is 8. The maximum absolute atomic E-state index is 2.60. The molecule has 5 rings (SSSR count). The zero-order chi connectivity index (χ0) is 26.4. The van der Waals surface area contributed by atoms with Crippen molar-refractivity contribution in [3.63, 3.8) is 0 Å². The molecule has 3 saturated heterocycles. The minimum Gasteiger partial charge on any atom is -0.302 e. The molecule has 204 valence electrons. The molecule has 0 amide bonds. The predicted octanol–water partition coefficient (Wildman–Crippen LogP) is 5.90. The first-order valence-corrected chi connectivity index (χ1v) is 14.9. The molecular formula is C33H52N4. The number of likely N-dealkylation sites (N-methyl/N-ethyl adjacent to an activating group) is 1. The van der Waals surface area contributed by atoms with Crippen LogP contribution in [0.25, 0.3) is 0 Å². The molecule has 0 atom stereocenters. The Morgan fingerprint density at radius 1 is 0.595 bits per heavy atom. The standard InChI is InChI=1S/C17H26N2.C16H26N2/c1-4-18-10-17(11-18)12-19(13-17)9-15-6-5-7-16(8-15)14(2)3;1-4-17-8-10-18(11-9-17)13-15-6-5-7-16(12-15)14(2)3/h5-8,14H,4,9-13H2,1-3H3;5-7,12,14H,4,8-11,13H2,1-3H3. The molecule has 0 radical (unpaired) electrons. The third-order valence-electron chi connectivity index (χ3n) is 8.64. The Bertz CT molecular complexity index is 962. The third-order valence-corrected chi connectivity index (χ3v) is 8.64. The van der Waals surface area contributed by atoms with Gasteiger partial charge < -0.3 is 9.80 Å². The van der Waals surface area contributed by atoms with Crippen LogP contribution in [-0.2, 0) is 13.1 Å². The highest BCUT2D eigenvalue weighted by molar-refractivity contribution is 5.27. The van der Waals surface area contributed by atoms with Crippen LogP contribution in [0.1, 0.15) is 75.6 Å². The van der Waals surface area contributed by atoms with Crippen molar-refractivity contribution in [1.82, 2.24) is 19.6 Å². The first kappa shape index (κ1) is 28.3. The molecular weight excluding hydrogens is 452 g/mol. The van der Waals surface area contributed by atoms with Crippen molar-refractivity contribution in [3.05, 3.63) is 70.8 Å². The van der Waals surface area contributed by atoms with Gasteiger partial charge in [-0.1, -0.05) is 90.1 Å². The van der Waals surface area contributed by atoms with Gasteiger partial charge in [0.05, 0.1) is 0 Å². The van der Waals surface area contributed by atoms with Crippen LogP contribution >= 0.6 is 0 Å². The Morgan fingerprint density at radius 2 is 1.03 bits per heavy atom. The van der Waals surface area contributed by atoms with Gasteiger partial charge in [-0.3, -0.25) is 9.80 Å². The van der Waals surface area contributed by atoms with Crippen LogP contribution in [0.5, 0.6) is 0 Å². The molecule has 0 bridgehead atoms. The van der Waals surface area contributed by atoms with E-state index in [1.54, 1.807) is 0 Å². The van der Waals surface area contributed by atoms with Crippen molar-refractivity contribution in [3.8, 4) is 0 Å². The Hall–Kier alpha value is -1.72. The fourth-order valence-electron chi connectivity index (χ4n) is 6.22. The normalized spacial score (nSPS) is 20.5. The summed E-state index contributed by atoms with van der Waals surface area (Å²) in [6.45, 7) is 28.3. The van der Waals surface area contributed by atoms with Crippen LogP contribution in [-0.4, -0.2) is 85.0 Å². The van der Waals surface area contributed by atoms with E-state index in [4.69, 9.17) is 0 Å². The fraction of sp³-hybridized carbons (Fsp3) is 0.636. The predicted molar refractivity (Wildman–Crippen MR) is 158 cm³/mol. The maximum Gasteiger partial charge on any atom is 0.0234 e. The first-order chi connectivity index (χ1) is 17.8. The van der Waals surface area contributed by atoms with Gasteiger partial charge in [0, 0.05) is 70.9 Å². The highest BCUT2D eigenvalue weighted by Crippen LogP contribution is 2.40. The summed E-state index contributed by atoms with van der Waals surface area (Å²) in [6, 6.07) is 18.2. The summed E-state index contributed by atoms with van der Waals surface area (Å²) in [5.74, 6) is 1.26. The average molecular weight is 505 g/mol. The van der Waals surface area contributed by atoms with E-state index in [0.717, 1.165) is 13.1 Å². The topological polar surface area (TPSA) is 13.0 Å². The van der Waals surface area contributed by atoms with E-state index in [9.17, 15) is 0 Å². The molecule has 3 aliphatic rings. The molecule has 2 aromatic rings. The molecule has 0 unspecified atom stereocenters. The molecule has 1 spiro atoms. The van der Waals surface area contributed by atoms with E-state index >= 15 is 0 Å². The molecule has 3 aliphatic heterocycles. The van der Waals surface area contributed by atoms with Crippen molar-refractivity contribution in [1.29, 1.82) is 0 Å². The maximum atomic E-state index is 2.60. The molecule has 37 heavy (non-hydrogen) atoms. The minimum atomic E-state index is 0.627. The van der Waals surface area contributed by atoms with Gasteiger partial charge in [-0.15, -0.1) is 0 Å². The van der Waals surface area contributed by atoms with Crippen molar-refractivity contribution >= 4 is 0 Å². The molecule has 0 saturated carbocycles. The molecule has 3 heterocycles. The van der Waals surface area contributed by atoms with Gasteiger partial charge in [0.2, 0.25) is 0 Å². The molecule has 4 heteroatoms. The molecule has 0 N–H and O–H groups in total. The van der Waals surface area contributed by atoms with Crippen molar-refractivity contribution in [2.45, 2.75) is 66.5 Å². The zero-order valence-corrected chi connectivity index (χ0v) is 24.5. The van der Waals surface area contributed by atoms with Gasteiger partial charge in [0.1, 0.15) is 0 Å². The molecule has 2 aromatic carbocycles. The second-order valence-electron chi connectivity index (χ2n) is 12.5. The lowest BCUT2D eigenvalue weighted by molar-refractivity contribution is -0.116. The molecule has 0 aliphatic carbocycles. The van der Waals surface area contributed by atoms with Crippen LogP contribution in [0.3, 0.4) is 0 Å². The number of benzene rings is 2. The largest absolute Gasteiger partial charge is 0.302 e. The number of hydrogen-bond acceptors (Lipinski definition) is 4. The monoisotopic (exact) mass is 504 g/mol. The summed E-state index contributed by atoms with van der Waals surface area (Å²) in [5.41, 5.74) is 6.53. The van der Waals surface area contributed by atoms with Crippen molar-refractivity contribution < 1.29 is 0 Å². The fourth-order valence-corrected chi connectivity index (χ4v) is 6.22. The van der Waals surface area contributed by atoms with Gasteiger partial charge in [0.15, 0.2) is 0 Å². The van der Waals surface area contributed by atoms with Crippen LogP contribution in [0.15, 0.2) is 48.5 Å². The van der Waals surface area contributed by atoms with E-state index in [1.165, 1.54) is 87.7 Å². The van der Waals surface area contributed by atoms with Gasteiger partial charge in [-0.05, 0) is 47.2 Å². The lowest BCUT2D eigenvalue weighted by atomic mass is 9.72. The van der Waals surface area contributed by atoms with Gasteiger partial charge >= 0.3 is 0 Å². The highest BCUT2D eigenvalue weighted by Gasteiger charge is 2.50. The van der Waals surface area contributed by atoms with E-state index in [2.05, 4.69) is 110 Å². The first-order valence-electron chi connectivity index (χ1n) is 14.9. The van der Waals surface area contributed by atoms with E-state index < -0.39 is 0 Å². The van der Waals surface area contributed by atoms with Crippen LogP contribution in [0.4, 0.5) is 0 Å². The lowest BCUT2D eigenvalue weighted by Gasteiger charge is -2.60. The summed E-state index contributed by atoms with van der Waals surface area (Å²) >= 11 is 0. The number of hydrogen-bond donors (Lipinski definition) is 0. The summed E-state index contributed by atoms with van der Waals surface area (Å²) in [6.07, 6.45) is 0. The number of likely N-dealkylation sites (tertiary alicyclic amines) is 2. The molecule has 0 aromatic heterocycles. The second-order valence-corrected chi connectivity index (χ2v) is 12.5. The summed E-state index contributed by atoms with van der Waals surface area (Å²) in [4.78, 5) is 10.3. The van der Waals surface area contributed by atoms with Gasteiger partial charge in [-0.2, -0.15) is 0 Å². The SMILES string of the molecule is CCN1CC2(C1)CN(Cc1cccc(C(C)C)c1)C2.CCN1CCN(Cc2cccc(C(C)C)c2)CC1. The lowest BCUT2D eigenvalue weighted by Crippen LogP contribution is -2.71. The van der Waals surface area contributed by atoms with E-state index in [1.807, 2.05) is 0 Å². The van der Waals surface area contributed by atoms with Crippen molar-refractivity contribution in [2.75, 3.05) is 65.4 Å². The Morgan fingerprint density at radius 3 is 1.49 bits per heavy atom. The zero-order valence-electron chi connectivity index (χ0n) is 24.5. The van der Waals surface area contributed by atoms with E-state index in [-0.39, 0.29) is 0 Å². The molecule has 4 nitrogen and oxygen atoms in total. The van der Waals surface area contributed by atoms with Gasteiger partial charge in [-0.25, -0.2) is 0 Å². The number of nitrogens with zero attached hydrogens (tertiary/aromatic N) is 4. The second kappa shape index (κ2) is 12.9. The average Bonchev–Trinajstić information content (AvgIpc) is 2.86. The van der Waals surface area contributed by atoms with Crippen LogP contribution in [0, 0.1) is 5.41 Å². The summed E-state index contributed by atoms with van der Waals surface area (Å²) < 4.78 is 0. The minimum absolute atomic E-state index is 0.627. The van der Waals surface area contributed by atoms with Crippen molar-refractivity contribution in [2.24, 2.45) is 5.41 Å². The Kier molecular flexibility index (Phi) is 9.85. The third kappa shape index (κ3) is 7.66. The van der Waals surface area contributed by atoms with E-state index in [0.29, 0.717) is 17.3 Å². The highest BCUT2D eigenvalue weighted by atomic mass is 15.3. The van der Waals surface area contributed by atoms with Crippen LogP contribution < -0.4 is 0 Å². The smallest absolute Gasteiger partial charge is 0.0234 e. The number of piperazine rings is 1. The van der Waals surface area contributed by atoms with Crippen LogP contribution in [0.2, 0.25) is 0 Å². The Balaban J connectivity index is 0.000000173. The summed E-state index contributed by atoms with van der Waals surface area (Å²) in [7, 11) is 0. The van der Waals surface area contributed by atoms with Gasteiger partial charge in [0.25, 0.3) is 0 Å².